The molecule has 58 valence electrons. The standard InChI is InChI=1S/C5HCl4N2/c6-1-2(7)4(9)5(11-10)3(1)8/h10H/q+1. The summed E-state index contributed by atoms with van der Waals surface area (Å²) in [7, 11) is 0. The van der Waals surface area contributed by atoms with Gasteiger partial charge in [0.15, 0.2) is 10.1 Å². The molecule has 0 atom stereocenters. The maximum atomic E-state index is 6.67. The van der Waals surface area contributed by atoms with E-state index in [0.717, 1.165) is 0 Å². The summed E-state index contributed by atoms with van der Waals surface area (Å²) in [6.45, 7) is 0. The number of nitrogens with one attached hydrogen (secondary N) is 1. The first-order valence-corrected chi connectivity index (χ1v) is 3.97. The topological polar surface area (TPSA) is 38.0 Å². The number of nitrogens with zero attached hydrogens (tertiary/aromatic N) is 1. The van der Waals surface area contributed by atoms with Gasteiger partial charge < -0.3 is 0 Å². The number of allylic oxidation sites excluding steroid dienone is 4. The highest BCUT2D eigenvalue weighted by atomic mass is 35.5. The second-order valence-corrected chi connectivity index (χ2v) is 3.23. The fourth-order valence-electron chi connectivity index (χ4n) is 0.595. The summed E-state index contributed by atoms with van der Waals surface area (Å²) in [6.07, 6.45) is 0. The molecule has 0 aromatic heterocycles. The average Bonchev–Trinajstić information content (AvgIpc) is 2.17. The summed E-state index contributed by atoms with van der Waals surface area (Å²) >= 11 is 22.4. The predicted octanol–water partition coefficient (Wildman–Crippen LogP) is 3.06. The summed E-state index contributed by atoms with van der Waals surface area (Å²) in [4.78, 5) is 3.07. The molecule has 0 fully saturated rings. The van der Waals surface area contributed by atoms with Crippen molar-refractivity contribution in [2.75, 3.05) is 0 Å². The van der Waals surface area contributed by atoms with Gasteiger partial charge in [0.1, 0.15) is 0 Å². The largest absolute Gasteiger partial charge is 0.404 e. The van der Waals surface area contributed by atoms with Crippen molar-refractivity contribution in [2.24, 2.45) is 0 Å². The molecule has 0 saturated carbocycles. The third-order valence-corrected chi connectivity index (χ3v) is 2.89. The number of rotatable bonds is 0. The van der Waals surface area contributed by atoms with Crippen molar-refractivity contribution in [3.05, 3.63) is 20.1 Å². The van der Waals surface area contributed by atoms with Crippen molar-refractivity contribution in [1.82, 2.24) is 0 Å². The minimum atomic E-state index is 0.114. The zero-order valence-corrected chi connectivity index (χ0v) is 7.98. The third kappa shape index (κ3) is 1.33. The Morgan fingerprint density at radius 2 is 1.18 bits per heavy atom. The van der Waals surface area contributed by atoms with Gasteiger partial charge in [-0.3, -0.25) is 0 Å². The first kappa shape index (κ1) is 9.11. The van der Waals surface area contributed by atoms with Gasteiger partial charge >= 0.3 is 5.71 Å². The monoisotopic (exact) mass is 229 g/mol. The summed E-state index contributed by atoms with van der Waals surface area (Å²) in [5, 5.41) is 0.530. The molecule has 0 spiro atoms. The van der Waals surface area contributed by atoms with Gasteiger partial charge in [0.05, 0.1) is 20.4 Å². The minimum absolute atomic E-state index is 0.114. The fraction of sp³-hybridized carbons (Fsp3) is 0. The van der Waals surface area contributed by atoms with Gasteiger partial charge in [-0.15, -0.1) is 0 Å². The predicted molar refractivity (Wildman–Crippen MR) is 45.5 cm³/mol. The van der Waals surface area contributed by atoms with E-state index >= 15 is 0 Å². The summed E-state index contributed by atoms with van der Waals surface area (Å²) < 4.78 is 0. The average molecular weight is 231 g/mol. The molecule has 0 aromatic rings. The molecule has 0 saturated heterocycles. The fourth-order valence-corrected chi connectivity index (χ4v) is 1.57. The number of halogens is 4. The highest BCUT2D eigenvalue weighted by molar-refractivity contribution is 6.65. The Balaban J connectivity index is 3.38. The smallest absolute Gasteiger partial charge is 0.0807 e. The van der Waals surface area contributed by atoms with E-state index in [0.29, 0.717) is 0 Å². The molecule has 1 N–H and O–H groups in total. The Bertz CT molecular complexity index is 295. The second-order valence-electron chi connectivity index (χ2n) is 1.72. The van der Waals surface area contributed by atoms with Crippen molar-refractivity contribution >= 4 is 52.1 Å². The van der Waals surface area contributed by atoms with Crippen LogP contribution in [0.1, 0.15) is 0 Å². The van der Waals surface area contributed by atoms with Crippen LogP contribution in [0.2, 0.25) is 0 Å². The summed E-state index contributed by atoms with van der Waals surface area (Å²) in [5.74, 6) is 0. The number of hydrogen-bond acceptors (Lipinski definition) is 1. The molecular weight excluding hydrogens is 230 g/mol. The van der Waals surface area contributed by atoms with Gasteiger partial charge in [0.2, 0.25) is 0 Å². The van der Waals surface area contributed by atoms with Crippen molar-refractivity contribution in [3.63, 3.8) is 0 Å². The first-order chi connectivity index (χ1) is 5.09. The van der Waals surface area contributed by atoms with Gasteiger partial charge in [0.25, 0.3) is 0 Å². The van der Waals surface area contributed by atoms with Crippen molar-refractivity contribution < 1.29 is 4.79 Å². The molecule has 6 heteroatoms. The van der Waals surface area contributed by atoms with Gasteiger partial charge in [-0.1, -0.05) is 46.4 Å². The molecule has 0 bridgehead atoms. The molecule has 0 heterocycles. The lowest BCUT2D eigenvalue weighted by Crippen LogP contribution is -1.95. The Hall–Kier alpha value is 0.0200. The van der Waals surface area contributed by atoms with Gasteiger partial charge in [-0.25, -0.2) is 0 Å². The van der Waals surface area contributed by atoms with Gasteiger partial charge in [-0.2, -0.15) is 0 Å². The Morgan fingerprint density at radius 3 is 1.36 bits per heavy atom. The lowest BCUT2D eigenvalue weighted by atomic mass is 10.4. The normalized spacial score (nSPS) is 18.0. The highest BCUT2D eigenvalue weighted by Gasteiger charge is 2.35. The van der Waals surface area contributed by atoms with Crippen molar-refractivity contribution in [1.29, 1.82) is 5.53 Å². The maximum Gasteiger partial charge on any atom is 0.404 e. The number of hydrogen-bond donors (Lipinski definition) is 1. The van der Waals surface area contributed by atoms with Crippen molar-refractivity contribution in [3.8, 4) is 0 Å². The van der Waals surface area contributed by atoms with Crippen molar-refractivity contribution in [2.45, 2.75) is 0 Å². The molecular formula is C5HCl4N2+. The zero-order chi connectivity index (χ0) is 8.59. The van der Waals surface area contributed by atoms with E-state index in [4.69, 9.17) is 51.9 Å². The van der Waals surface area contributed by atoms with E-state index in [1.807, 2.05) is 0 Å². The Labute approximate surface area is 82.6 Å². The highest BCUT2D eigenvalue weighted by Crippen LogP contribution is 2.38. The molecule has 0 amide bonds. The van der Waals surface area contributed by atoms with Crippen LogP contribution < -0.4 is 0 Å². The maximum absolute atomic E-state index is 6.67. The molecule has 1 rings (SSSR count). The Kier molecular flexibility index (Phi) is 2.63. The first-order valence-electron chi connectivity index (χ1n) is 2.45. The molecule has 1 aliphatic rings. The van der Waals surface area contributed by atoms with Gasteiger partial charge in [0, 0.05) is 0 Å². The van der Waals surface area contributed by atoms with Crippen LogP contribution >= 0.6 is 46.4 Å². The van der Waals surface area contributed by atoms with Crippen LogP contribution in [0.4, 0.5) is 0 Å². The lowest BCUT2D eigenvalue weighted by molar-refractivity contribution is -0.117. The minimum Gasteiger partial charge on any atom is -0.0807 e. The lowest BCUT2D eigenvalue weighted by Gasteiger charge is -1.83. The van der Waals surface area contributed by atoms with E-state index in [2.05, 4.69) is 4.79 Å². The van der Waals surface area contributed by atoms with E-state index in [1.54, 1.807) is 0 Å². The van der Waals surface area contributed by atoms with E-state index in [-0.39, 0.29) is 25.8 Å². The Morgan fingerprint density at radius 1 is 0.818 bits per heavy atom. The molecule has 0 aromatic carbocycles. The zero-order valence-electron chi connectivity index (χ0n) is 4.96. The molecule has 0 unspecified atom stereocenters. The van der Waals surface area contributed by atoms with Gasteiger partial charge in [-0.05, 0) is 0 Å². The van der Waals surface area contributed by atoms with E-state index in [9.17, 15) is 0 Å². The molecule has 0 aliphatic heterocycles. The van der Waals surface area contributed by atoms with Crippen LogP contribution in [-0.2, 0) is 0 Å². The van der Waals surface area contributed by atoms with Crippen LogP contribution in [-0.4, -0.2) is 10.5 Å². The summed E-state index contributed by atoms with van der Waals surface area (Å²) in [5.41, 5.74) is 6.79. The SMILES string of the molecule is N=[N+]=C1C(Cl)=C(Cl)C(Cl)=C1Cl. The second kappa shape index (κ2) is 3.18. The molecule has 0 radical (unpaired) electrons. The quantitative estimate of drug-likeness (QED) is 0.491. The third-order valence-electron chi connectivity index (χ3n) is 1.11. The molecule has 11 heavy (non-hydrogen) atoms. The van der Waals surface area contributed by atoms with E-state index < -0.39 is 0 Å². The molecule has 2 nitrogen and oxygen atoms in total. The van der Waals surface area contributed by atoms with Crippen LogP contribution in [0.3, 0.4) is 0 Å². The van der Waals surface area contributed by atoms with E-state index in [1.165, 1.54) is 0 Å². The van der Waals surface area contributed by atoms with Crippen LogP contribution in [0.15, 0.2) is 20.1 Å². The summed E-state index contributed by atoms with van der Waals surface area (Å²) in [6, 6.07) is 0. The van der Waals surface area contributed by atoms with Crippen LogP contribution in [0, 0.1) is 5.53 Å². The van der Waals surface area contributed by atoms with Crippen LogP contribution in [0.25, 0.3) is 0 Å². The van der Waals surface area contributed by atoms with Crippen LogP contribution in [0.5, 0.6) is 0 Å². The molecule has 1 aliphatic carbocycles.